The predicted molar refractivity (Wildman–Crippen MR) is 87.8 cm³/mol. The van der Waals surface area contributed by atoms with E-state index in [0.717, 1.165) is 38.4 Å². The van der Waals surface area contributed by atoms with E-state index in [9.17, 15) is 4.79 Å². The summed E-state index contributed by atoms with van der Waals surface area (Å²) in [4.78, 5) is 18.0. The van der Waals surface area contributed by atoms with E-state index in [0.29, 0.717) is 13.0 Å². The van der Waals surface area contributed by atoms with Crippen LogP contribution < -0.4 is 10.6 Å². The van der Waals surface area contributed by atoms with E-state index in [1.54, 1.807) is 7.05 Å². The molecule has 2 rings (SSSR count). The lowest BCUT2D eigenvalue weighted by Crippen LogP contribution is -2.51. The molecule has 0 aromatic carbocycles. The molecular formula is C13H23IN4O. The van der Waals surface area contributed by atoms with E-state index in [2.05, 4.69) is 27.1 Å². The second-order valence-corrected chi connectivity index (χ2v) is 5.20. The van der Waals surface area contributed by atoms with Crippen molar-refractivity contribution in [2.75, 3.05) is 33.2 Å². The number of rotatable bonds is 2. The third-order valence-corrected chi connectivity index (χ3v) is 3.77. The molecule has 0 aliphatic carbocycles. The molecule has 2 heterocycles. The lowest BCUT2D eigenvalue weighted by atomic mass is 9.79. The second-order valence-electron chi connectivity index (χ2n) is 5.20. The van der Waals surface area contributed by atoms with Crippen LogP contribution in [0, 0.1) is 5.41 Å². The molecule has 1 spiro atoms. The quantitative estimate of drug-likeness (QED) is 0.326. The summed E-state index contributed by atoms with van der Waals surface area (Å²) in [6.07, 6.45) is 4.72. The van der Waals surface area contributed by atoms with Crippen LogP contribution in [-0.2, 0) is 4.79 Å². The van der Waals surface area contributed by atoms with Crippen LogP contribution >= 0.6 is 24.0 Å². The fraction of sp³-hybridized carbons (Fsp3) is 0.692. The number of carbonyl (C=O) groups excluding carboxylic acids is 1. The van der Waals surface area contributed by atoms with E-state index >= 15 is 0 Å². The smallest absolute Gasteiger partial charge is 0.220 e. The molecule has 0 aromatic rings. The van der Waals surface area contributed by atoms with Crippen LogP contribution in [0.15, 0.2) is 17.6 Å². The standard InChI is InChI=1S/C13H22N4O.HI/c1-3-6-15-12(14-2)17-7-4-5-13(10-17)8-11(18)16-9-13;/h3H,1,4-10H2,2H3,(H,14,15)(H,16,18);1H. The van der Waals surface area contributed by atoms with E-state index in [-0.39, 0.29) is 35.3 Å². The Morgan fingerprint density at radius 1 is 1.68 bits per heavy atom. The summed E-state index contributed by atoms with van der Waals surface area (Å²) in [5, 5.41) is 6.22. The molecule has 19 heavy (non-hydrogen) atoms. The number of hydrogen-bond acceptors (Lipinski definition) is 2. The molecule has 2 aliphatic heterocycles. The Hall–Kier alpha value is -0.790. The first-order valence-corrected chi connectivity index (χ1v) is 6.52. The zero-order valence-corrected chi connectivity index (χ0v) is 13.8. The summed E-state index contributed by atoms with van der Waals surface area (Å²) in [5.41, 5.74) is 0.112. The minimum atomic E-state index is 0. The Bertz CT molecular complexity index is 372. The first-order valence-electron chi connectivity index (χ1n) is 6.52. The summed E-state index contributed by atoms with van der Waals surface area (Å²) in [5.74, 6) is 1.10. The highest BCUT2D eigenvalue weighted by molar-refractivity contribution is 14.0. The number of nitrogens with zero attached hydrogens (tertiary/aromatic N) is 2. The maximum absolute atomic E-state index is 11.4. The fourth-order valence-electron chi connectivity index (χ4n) is 2.92. The summed E-state index contributed by atoms with van der Waals surface area (Å²) < 4.78 is 0. The van der Waals surface area contributed by atoms with Gasteiger partial charge in [0.05, 0.1) is 0 Å². The highest BCUT2D eigenvalue weighted by Gasteiger charge is 2.42. The molecule has 0 aromatic heterocycles. The number of carbonyl (C=O) groups is 1. The maximum Gasteiger partial charge on any atom is 0.220 e. The van der Waals surface area contributed by atoms with E-state index in [4.69, 9.17) is 0 Å². The van der Waals surface area contributed by atoms with Crippen LogP contribution in [-0.4, -0.2) is 50.0 Å². The SMILES string of the molecule is C=CCNC(=NC)N1CCCC2(CNC(=O)C2)C1.I. The highest BCUT2D eigenvalue weighted by atomic mass is 127. The zero-order valence-electron chi connectivity index (χ0n) is 11.4. The van der Waals surface area contributed by atoms with Crippen molar-refractivity contribution < 1.29 is 4.79 Å². The first kappa shape index (κ1) is 16.3. The van der Waals surface area contributed by atoms with Crippen molar-refractivity contribution in [2.24, 2.45) is 10.4 Å². The van der Waals surface area contributed by atoms with Crippen LogP contribution in [0.5, 0.6) is 0 Å². The van der Waals surface area contributed by atoms with E-state index in [1.807, 2.05) is 6.08 Å². The zero-order chi connectivity index (χ0) is 13.0. The molecule has 1 amide bonds. The number of guanidine groups is 1. The average molecular weight is 378 g/mol. The number of nitrogens with one attached hydrogen (secondary N) is 2. The molecule has 2 fully saturated rings. The van der Waals surface area contributed by atoms with Gasteiger partial charge >= 0.3 is 0 Å². The largest absolute Gasteiger partial charge is 0.355 e. The van der Waals surface area contributed by atoms with Gasteiger partial charge in [0.2, 0.25) is 5.91 Å². The Labute approximate surface area is 131 Å². The van der Waals surface area contributed by atoms with Crippen molar-refractivity contribution >= 4 is 35.8 Å². The number of halogens is 1. The molecule has 6 heteroatoms. The van der Waals surface area contributed by atoms with E-state index in [1.165, 1.54) is 0 Å². The number of likely N-dealkylation sites (tertiary alicyclic amines) is 1. The molecule has 2 N–H and O–H groups in total. The Morgan fingerprint density at radius 3 is 3.05 bits per heavy atom. The highest BCUT2D eigenvalue weighted by Crippen LogP contribution is 2.35. The normalized spacial score (nSPS) is 26.9. The molecule has 1 unspecified atom stereocenters. The topological polar surface area (TPSA) is 56.7 Å². The third kappa shape index (κ3) is 3.84. The molecule has 108 valence electrons. The molecule has 0 bridgehead atoms. The van der Waals surface area contributed by atoms with Crippen LogP contribution in [0.2, 0.25) is 0 Å². The summed E-state index contributed by atoms with van der Waals surface area (Å²) in [6, 6.07) is 0. The molecule has 1 atom stereocenters. The third-order valence-electron chi connectivity index (χ3n) is 3.77. The number of aliphatic imine (C=N–C) groups is 1. The number of piperidine rings is 1. The van der Waals surface area contributed by atoms with Gasteiger partial charge in [-0.05, 0) is 12.8 Å². The molecule has 2 saturated heterocycles. The minimum absolute atomic E-state index is 0. The van der Waals surface area contributed by atoms with Crippen molar-refractivity contribution in [3.63, 3.8) is 0 Å². The number of hydrogen-bond donors (Lipinski definition) is 2. The van der Waals surface area contributed by atoms with Crippen molar-refractivity contribution in [3.8, 4) is 0 Å². The molecule has 5 nitrogen and oxygen atoms in total. The average Bonchev–Trinajstić information content (AvgIpc) is 2.71. The second kappa shape index (κ2) is 7.12. The molecular weight excluding hydrogens is 355 g/mol. The van der Waals surface area contributed by atoms with Crippen molar-refractivity contribution in [1.29, 1.82) is 0 Å². The Morgan fingerprint density at radius 2 is 2.47 bits per heavy atom. The van der Waals surface area contributed by atoms with Crippen LogP contribution in [0.3, 0.4) is 0 Å². The van der Waals surface area contributed by atoms with Gasteiger partial charge in [-0.2, -0.15) is 0 Å². The Kier molecular flexibility index (Phi) is 6.09. The van der Waals surface area contributed by atoms with Crippen molar-refractivity contribution in [3.05, 3.63) is 12.7 Å². The fourth-order valence-corrected chi connectivity index (χ4v) is 2.92. The van der Waals surface area contributed by atoms with Gasteiger partial charge in [0.1, 0.15) is 0 Å². The Balaban J connectivity index is 0.00000180. The predicted octanol–water partition coefficient (Wildman–Crippen LogP) is 0.968. The van der Waals surface area contributed by atoms with Gasteiger partial charge < -0.3 is 15.5 Å². The summed E-state index contributed by atoms with van der Waals surface area (Å²) in [7, 11) is 1.80. The van der Waals surface area contributed by atoms with Gasteiger partial charge in [0, 0.05) is 45.1 Å². The summed E-state index contributed by atoms with van der Waals surface area (Å²) >= 11 is 0. The van der Waals surface area contributed by atoms with Gasteiger partial charge in [-0.15, -0.1) is 30.6 Å². The monoisotopic (exact) mass is 378 g/mol. The van der Waals surface area contributed by atoms with Gasteiger partial charge in [-0.3, -0.25) is 9.79 Å². The van der Waals surface area contributed by atoms with Gasteiger partial charge in [0.15, 0.2) is 5.96 Å². The minimum Gasteiger partial charge on any atom is -0.355 e. The van der Waals surface area contributed by atoms with Crippen LogP contribution in [0.1, 0.15) is 19.3 Å². The van der Waals surface area contributed by atoms with Crippen LogP contribution in [0.4, 0.5) is 0 Å². The molecule has 0 saturated carbocycles. The van der Waals surface area contributed by atoms with Gasteiger partial charge in [0.25, 0.3) is 0 Å². The van der Waals surface area contributed by atoms with Gasteiger partial charge in [-0.25, -0.2) is 0 Å². The number of amides is 1. The maximum atomic E-state index is 11.4. The van der Waals surface area contributed by atoms with E-state index < -0.39 is 0 Å². The van der Waals surface area contributed by atoms with Crippen molar-refractivity contribution in [1.82, 2.24) is 15.5 Å². The lowest BCUT2D eigenvalue weighted by molar-refractivity contribution is -0.119. The molecule has 0 radical (unpaired) electrons. The first-order chi connectivity index (χ1) is 8.69. The lowest BCUT2D eigenvalue weighted by Gasteiger charge is -2.40. The van der Waals surface area contributed by atoms with Crippen molar-refractivity contribution in [2.45, 2.75) is 19.3 Å². The van der Waals surface area contributed by atoms with Gasteiger partial charge in [-0.1, -0.05) is 6.08 Å². The molecule has 2 aliphatic rings. The summed E-state index contributed by atoms with van der Waals surface area (Å²) in [6.45, 7) is 7.14. The van der Waals surface area contributed by atoms with Crippen LogP contribution in [0.25, 0.3) is 0 Å².